The summed E-state index contributed by atoms with van der Waals surface area (Å²) in [5.74, 6) is 0.693. The average molecular weight is 214 g/mol. The Morgan fingerprint density at radius 1 is 1.31 bits per heavy atom. The van der Waals surface area contributed by atoms with Gasteiger partial charge in [0.2, 0.25) is 0 Å². The van der Waals surface area contributed by atoms with Crippen molar-refractivity contribution in [2.24, 2.45) is 11.7 Å². The third-order valence-corrected chi connectivity index (χ3v) is 3.93. The van der Waals surface area contributed by atoms with Gasteiger partial charge >= 0.3 is 0 Å². The van der Waals surface area contributed by atoms with Crippen LogP contribution in [0.5, 0.6) is 0 Å². The number of aryl methyl sites for hydroxylation is 1. The Kier molecular flexibility index (Phi) is 2.25. The van der Waals surface area contributed by atoms with E-state index in [0.717, 1.165) is 0 Å². The van der Waals surface area contributed by atoms with Crippen molar-refractivity contribution in [3.8, 4) is 0 Å². The van der Waals surface area contributed by atoms with Crippen LogP contribution in [-0.4, -0.2) is 4.98 Å². The fraction of sp³-hybridized carbons (Fsp3) is 0.429. The van der Waals surface area contributed by atoms with Crippen LogP contribution < -0.4 is 5.73 Å². The Bertz CT molecular complexity index is 508. The predicted octanol–water partition coefficient (Wildman–Crippen LogP) is 3.28. The fourth-order valence-corrected chi connectivity index (χ4v) is 2.76. The maximum atomic E-state index is 6.39. The Balaban J connectivity index is 2.10. The molecule has 1 unspecified atom stereocenters. The summed E-state index contributed by atoms with van der Waals surface area (Å²) < 4.78 is 0. The van der Waals surface area contributed by atoms with Gasteiger partial charge in [0.15, 0.2) is 0 Å². The van der Waals surface area contributed by atoms with Crippen molar-refractivity contribution in [3.05, 3.63) is 35.5 Å². The van der Waals surface area contributed by atoms with Gasteiger partial charge in [-0.3, -0.25) is 0 Å². The number of para-hydroxylation sites is 1. The molecule has 0 saturated heterocycles. The SMILES string of the molecule is Cc1[nH]c2ccccc2c1C(N)C1CCC1. The molecule has 1 saturated carbocycles. The van der Waals surface area contributed by atoms with Gasteiger partial charge in [0.1, 0.15) is 0 Å². The average Bonchev–Trinajstić information content (AvgIpc) is 2.50. The summed E-state index contributed by atoms with van der Waals surface area (Å²) in [6.45, 7) is 2.13. The fourth-order valence-electron chi connectivity index (χ4n) is 2.76. The number of hydrogen-bond donors (Lipinski definition) is 2. The summed E-state index contributed by atoms with van der Waals surface area (Å²) in [5, 5.41) is 1.31. The third-order valence-electron chi connectivity index (χ3n) is 3.93. The monoisotopic (exact) mass is 214 g/mol. The molecule has 1 aromatic carbocycles. The maximum Gasteiger partial charge on any atom is 0.0459 e. The molecule has 1 atom stereocenters. The molecule has 1 aliphatic carbocycles. The van der Waals surface area contributed by atoms with Gasteiger partial charge in [-0.05, 0) is 37.3 Å². The molecule has 0 radical (unpaired) electrons. The number of hydrogen-bond acceptors (Lipinski definition) is 1. The molecule has 1 aliphatic rings. The van der Waals surface area contributed by atoms with Crippen molar-refractivity contribution in [2.75, 3.05) is 0 Å². The first-order valence-electron chi connectivity index (χ1n) is 6.10. The van der Waals surface area contributed by atoms with Crippen LogP contribution in [0.2, 0.25) is 0 Å². The number of aromatic amines is 1. The van der Waals surface area contributed by atoms with Gasteiger partial charge in [0.25, 0.3) is 0 Å². The first-order chi connectivity index (χ1) is 7.77. The topological polar surface area (TPSA) is 41.8 Å². The van der Waals surface area contributed by atoms with Crippen LogP contribution in [0.25, 0.3) is 10.9 Å². The minimum Gasteiger partial charge on any atom is -0.358 e. The third kappa shape index (κ3) is 1.37. The summed E-state index contributed by atoms with van der Waals surface area (Å²) in [6.07, 6.45) is 3.93. The molecule has 0 spiro atoms. The molecule has 84 valence electrons. The van der Waals surface area contributed by atoms with Crippen LogP contribution in [0.4, 0.5) is 0 Å². The molecule has 3 rings (SSSR count). The van der Waals surface area contributed by atoms with Crippen molar-refractivity contribution < 1.29 is 0 Å². The number of nitrogens with two attached hydrogens (primary N) is 1. The Morgan fingerprint density at radius 2 is 2.06 bits per heavy atom. The van der Waals surface area contributed by atoms with E-state index >= 15 is 0 Å². The Hall–Kier alpha value is -1.28. The van der Waals surface area contributed by atoms with Crippen molar-refractivity contribution >= 4 is 10.9 Å². The lowest BCUT2D eigenvalue weighted by Gasteiger charge is -2.31. The molecule has 2 heteroatoms. The molecule has 1 fully saturated rings. The molecule has 16 heavy (non-hydrogen) atoms. The van der Waals surface area contributed by atoms with Crippen LogP contribution in [0.1, 0.15) is 36.6 Å². The van der Waals surface area contributed by atoms with E-state index in [1.54, 1.807) is 0 Å². The van der Waals surface area contributed by atoms with Gasteiger partial charge in [-0.2, -0.15) is 0 Å². The molecule has 3 N–H and O–H groups in total. The number of rotatable bonds is 2. The van der Waals surface area contributed by atoms with E-state index in [-0.39, 0.29) is 6.04 Å². The Morgan fingerprint density at radius 3 is 2.75 bits per heavy atom. The maximum absolute atomic E-state index is 6.39. The van der Waals surface area contributed by atoms with Crippen LogP contribution >= 0.6 is 0 Å². The summed E-state index contributed by atoms with van der Waals surface area (Å²) in [7, 11) is 0. The minimum absolute atomic E-state index is 0.213. The van der Waals surface area contributed by atoms with Gasteiger partial charge in [-0.1, -0.05) is 24.6 Å². The van der Waals surface area contributed by atoms with E-state index < -0.39 is 0 Å². The summed E-state index contributed by atoms with van der Waals surface area (Å²) in [5.41, 5.74) is 10.2. The van der Waals surface area contributed by atoms with Crippen LogP contribution in [0, 0.1) is 12.8 Å². The Labute approximate surface area is 95.8 Å². The van der Waals surface area contributed by atoms with Crippen molar-refractivity contribution in [1.82, 2.24) is 4.98 Å². The van der Waals surface area contributed by atoms with Crippen molar-refractivity contribution in [2.45, 2.75) is 32.2 Å². The summed E-state index contributed by atoms with van der Waals surface area (Å²) in [6, 6.07) is 8.67. The zero-order valence-electron chi connectivity index (χ0n) is 9.66. The molecule has 0 aliphatic heterocycles. The number of nitrogens with one attached hydrogen (secondary N) is 1. The van der Waals surface area contributed by atoms with Gasteiger partial charge in [-0.15, -0.1) is 0 Å². The zero-order valence-corrected chi connectivity index (χ0v) is 9.66. The second-order valence-electron chi connectivity index (χ2n) is 4.93. The van der Waals surface area contributed by atoms with Crippen molar-refractivity contribution in [3.63, 3.8) is 0 Å². The highest BCUT2D eigenvalue weighted by Gasteiger charge is 2.28. The predicted molar refractivity (Wildman–Crippen MR) is 67.3 cm³/mol. The quantitative estimate of drug-likeness (QED) is 0.791. The summed E-state index contributed by atoms with van der Waals surface area (Å²) in [4.78, 5) is 3.43. The lowest BCUT2D eigenvalue weighted by molar-refractivity contribution is 0.265. The van der Waals surface area contributed by atoms with E-state index in [4.69, 9.17) is 5.73 Å². The highest BCUT2D eigenvalue weighted by Crippen LogP contribution is 2.39. The first-order valence-corrected chi connectivity index (χ1v) is 6.10. The van der Waals surface area contributed by atoms with Gasteiger partial charge in [0.05, 0.1) is 0 Å². The van der Waals surface area contributed by atoms with E-state index in [1.807, 2.05) is 0 Å². The van der Waals surface area contributed by atoms with Crippen LogP contribution in [0.15, 0.2) is 24.3 Å². The number of fused-ring (bicyclic) bond motifs is 1. The van der Waals surface area contributed by atoms with Crippen LogP contribution in [0.3, 0.4) is 0 Å². The normalized spacial score (nSPS) is 18.6. The number of H-pyrrole nitrogens is 1. The van der Waals surface area contributed by atoms with Gasteiger partial charge in [0, 0.05) is 22.6 Å². The summed E-state index contributed by atoms with van der Waals surface area (Å²) >= 11 is 0. The van der Waals surface area contributed by atoms with Crippen LogP contribution in [-0.2, 0) is 0 Å². The smallest absolute Gasteiger partial charge is 0.0459 e. The van der Waals surface area contributed by atoms with Gasteiger partial charge < -0.3 is 10.7 Å². The zero-order chi connectivity index (χ0) is 11.1. The highest BCUT2D eigenvalue weighted by molar-refractivity contribution is 5.85. The lowest BCUT2D eigenvalue weighted by atomic mass is 9.77. The van der Waals surface area contributed by atoms with E-state index in [2.05, 4.69) is 36.2 Å². The van der Waals surface area contributed by atoms with E-state index in [9.17, 15) is 0 Å². The molecule has 1 aromatic heterocycles. The number of aromatic nitrogens is 1. The van der Waals surface area contributed by atoms with E-state index in [0.29, 0.717) is 5.92 Å². The molecule has 2 aromatic rings. The first kappa shape index (κ1) is 9.91. The molecular weight excluding hydrogens is 196 g/mol. The van der Waals surface area contributed by atoms with Gasteiger partial charge in [-0.25, -0.2) is 0 Å². The number of benzene rings is 1. The largest absolute Gasteiger partial charge is 0.358 e. The second kappa shape index (κ2) is 3.63. The molecular formula is C14H18N2. The molecule has 1 heterocycles. The standard InChI is InChI=1S/C14H18N2/c1-9-13(14(15)10-5-4-6-10)11-7-2-3-8-12(11)16-9/h2-3,7-8,10,14,16H,4-6,15H2,1H3. The molecule has 0 bridgehead atoms. The molecule has 2 nitrogen and oxygen atoms in total. The van der Waals surface area contributed by atoms with E-state index in [1.165, 1.54) is 41.4 Å². The minimum atomic E-state index is 0.213. The molecule has 0 amide bonds. The van der Waals surface area contributed by atoms with Crippen molar-refractivity contribution in [1.29, 1.82) is 0 Å². The lowest BCUT2D eigenvalue weighted by Crippen LogP contribution is -2.27. The second-order valence-corrected chi connectivity index (χ2v) is 4.93. The highest BCUT2D eigenvalue weighted by atomic mass is 14.8.